The molecule has 1 N–H and O–H groups in total. The van der Waals surface area contributed by atoms with E-state index < -0.39 is 11.3 Å². The highest BCUT2D eigenvalue weighted by Crippen LogP contribution is 2.21. The van der Waals surface area contributed by atoms with E-state index in [1.165, 1.54) is 0 Å². The van der Waals surface area contributed by atoms with Crippen LogP contribution in [0.2, 0.25) is 0 Å². The average molecular weight is 464 g/mol. The van der Waals surface area contributed by atoms with Gasteiger partial charge in [-0.1, -0.05) is 36.4 Å². The van der Waals surface area contributed by atoms with E-state index in [0.29, 0.717) is 24.3 Å². The number of hydrogen-bond donors (Lipinski definition) is 1. The van der Waals surface area contributed by atoms with Crippen LogP contribution >= 0.6 is 23.1 Å². The molecule has 0 bridgehead atoms. The first kappa shape index (κ1) is 23.1. The van der Waals surface area contributed by atoms with Crippen molar-refractivity contribution < 1.29 is 13.6 Å². The number of nitrogens with zero attached hydrogens (tertiary/aromatic N) is 2. The van der Waals surface area contributed by atoms with E-state index in [-0.39, 0.29) is 35.7 Å². The number of thioether (sulfide) groups is 1. The molecular weight excluding hydrogens is 440 g/mol. The summed E-state index contributed by atoms with van der Waals surface area (Å²) in [5.74, 6) is -2.72. The minimum Gasteiger partial charge on any atom is -0.337 e. The molecular formula is C22H23F2N3O2S2. The minimum atomic E-state index is -2.66. The normalized spacial score (nSPS) is 11.1. The summed E-state index contributed by atoms with van der Waals surface area (Å²) in [6, 6.07) is 13.9. The van der Waals surface area contributed by atoms with E-state index in [1.807, 2.05) is 47.8 Å². The summed E-state index contributed by atoms with van der Waals surface area (Å²) >= 11 is 1.79. The SMILES string of the molecule is Cc1nc(SC(F)F)[nH]c(=O)c1CCC(=O)N(CCc1ccccc1)Cc1cccs1. The fourth-order valence-electron chi connectivity index (χ4n) is 3.20. The smallest absolute Gasteiger partial charge is 0.291 e. The number of aromatic nitrogens is 2. The number of H-pyrrole nitrogens is 1. The first-order chi connectivity index (χ1) is 14.9. The Morgan fingerprint density at radius 3 is 2.61 bits per heavy atom. The second-order valence-corrected chi connectivity index (χ2v) is 8.95. The molecule has 0 spiro atoms. The molecule has 164 valence electrons. The molecule has 0 aliphatic rings. The number of halogens is 2. The maximum Gasteiger partial charge on any atom is 0.291 e. The lowest BCUT2D eigenvalue weighted by Gasteiger charge is -2.22. The van der Waals surface area contributed by atoms with Gasteiger partial charge in [0.2, 0.25) is 5.91 Å². The molecule has 9 heteroatoms. The van der Waals surface area contributed by atoms with Crippen molar-refractivity contribution in [2.24, 2.45) is 0 Å². The Balaban J connectivity index is 1.67. The summed E-state index contributed by atoms with van der Waals surface area (Å²) in [6.07, 6.45) is 1.09. The van der Waals surface area contributed by atoms with E-state index in [4.69, 9.17) is 0 Å². The fourth-order valence-corrected chi connectivity index (χ4v) is 4.43. The quantitative estimate of drug-likeness (QED) is 0.351. The minimum absolute atomic E-state index is 0.0610. The number of nitrogens with one attached hydrogen (secondary N) is 1. The van der Waals surface area contributed by atoms with Gasteiger partial charge in [0, 0.05) is 29.1 Å². The van der Waals surface area contributed by atoms with Crippen LogP contribution in [-0.4, -0.2) is 33.1 Å². The summed E-state index contributed by atoms with van der Waals surface area (Å²) < 4.78 is 25.1. The van der Waals surface area contributed by atoms with Crippen molar-refractivity contribution >= 4 is 29.0 Å². The lowest BCUT2D eigenvalue weighted by molar-refractivity contribution is -0.131. The molecule has 0 aliphatic heterocycles. The van der Waals surface area contributed by atoms with Crippen LogP contribution in [0.1, 0.15) is 28.1 Å². The predicted octanol–water partition coefficient (Wildman–Crippen LogP) is 4.66. The lowest BCUT2D eigenvalue weighted by Crippen LogP contribution is -2.33. The molecule has 0 aliphatic carbocycles. The number of alkyl halides is 2. The van der Waals surface area contributed by atoms with Gasteiger partial charge in [0.1, 0.15) is 0 Å². The number of aromatic amines is 1. The molecule has 3 rings (SSSR count). The van der Waals surface area contributed by atoms with Crippen molar-refractivity contribution in [1.29, 1.82) is 0 Å². The Morgan fingerprint density at radius 2 is 1.97 bits per heavy atom. The van der Waals surface area contributed by atoms with Crippen molar-refractivity contribution in [3.05, 3.63) is 79.9 Å². The van der Waals surface area contributed by atoms with Crippen LogP contribution in [0.25, 0.3) is 0 Å². The van der Waals surface area contributed by atoms with Crippen LogP contribution in [-0.2, 0) is 24.2 Å². The van der Waals surface area contributed by atoms with E-state index in [2.05, 4.69) is 9.97 Å². The van der Waals surface area contributed by atoms with Crippen LogP contribution in [0, 0.1) is 6.92 Å². The third kappa shape index (κ3) is 7.00. The number of hydrogen-bond acceptors (Lipinski definition) is 5. The number of carbonyl (C=O) groups is 1. The monoisotopic (exact) mass is 463 g/mol. The van der Waals surface area contributed by atoms with Crippen LogP contribution in [0.4, 0.5) is 8.78 Å². The highest BCUT2D eigenvalue weighted by atomic mass is 32.2. The summed E-state index contributed by atoms with van der Waals surface area (Å²) in [5, 5.41) is 1.86. The first-order valence-electron chi connectivity index (χ1n) is 9.81. The molecule has 0 atom stereocenters. The van der Waals surface area contributed by atoms with Crippen molar-refractivity contribution in [3.8, 4) is 0 Å². The molecule has 1 amide bonds. The summed E-state index contributed by atoms with van der Waals surface area (Å²) in [4.78, 5) is 34.6. The predicted molar refractivity (Wildman–Crippen MR) is 120 cm³/mol. The zero-order chi connectivity index (χ0) is 22.2. The largest absolute Gasteiger partial charge is 0.337 e. The van der Waals surface area contributed by atoms with Gasteiger partial charge in [-0.15, -0.1) is 11.3 Å². The van der Waals surface area contributed by atoms with Crippen molar-refractivity contribution in [1.82, 2.24) is 14.9 Å². The van der Waals surface area contributed by atoms with Gasteiger partial charge in [0.25, 0.3) is 11.3 Å². The fraction of sp³-hybridized carbons (Fsp3) is 0.318. The molecule has 0 saturated carbocycles. The molecule has 0 radical (unpaired) electrons. The van der Waals surface area contributed by atoms with Gasteiger partial charge in [0.15, 0.2) is 5.16 Å². The lowest BCUT2D eigenvalue weighted by atomic mass is 10.1. The third-order valence-electron chi connectivity index (χ3n) is 4.78. The van der Waals surface area contributed by atoms with Crippen LogP contribution < -0.4 is 5.56 Å². The number of aryl methyl sites for hydroxylation is 1. The van der Waals surface area contributed by atoms with Gasteiger partial charge in [0.05, 0.1) is 6.54 Å². The van der Waals surface area contributed by atoms with Gasteiger partial charge in [-0.05, 0) is 48.5 Å². The molecule has 0 fully saturated rings. The Labute approximate surface area is 187 Å². The Kier molecular flexibility index (Phi) is 8.36. The summed E-state index contributed by atoms with van der Waals surface area (Å²) in [5.41, 5.74) is 1.40. The Hall–Kier alpha value is -2.52. The number of thiophene rings is 1. The van der Waals surface area contributed by atoms with Crippen LogP contribution in [0.5, 0.6) is 0 Å². The summed E-state index contributed by atoms with van der Waals surface area (Å²) in [6.45, 7) is 2.68. The van der Waals surface area contributed by atoms with Gasteiger partial charge in [-0.3, -0.25) is 9.59 Å². The van der Waals surface area contributed by atoms with Crippen LogP contribution in [0.3, 0.4) is 0 Å². The molecule has 5 nitrogen and oxygen atoms in total. The van der Waals surface area contributed by atoms with Crippen molar-refractivity contribution in [2.75, 3.05) is 6.54 Å². The second-order valence-electron chi connectivity index (χ2n) is 6.94. The third-order valence-corrected chi connectivity index (χ3v) is 6.24. The molecule has 31 heavy (non-hydrogen) atoms. The van der Waals surface area contributed by atoms with Gasteiger partial charge >= 0.3 is 0 Å². The Bertz CT molecular complexity index is 1040. The van der Waals surface area contributed by atoms with Crippen LogP contribution in [0.15, 0.2) is 57.8 Å². The maximum absolute atomic E-state index is 13.0. The molecule has 0 saturated heterocycles. The molecule has 2 aromatic heterocycles. The zero-order valence-electron chi connectivity index (χ0n) is 17.0. The summed E-state index contributed by atoms with van der Waals surface area (Å²) in [7, 11) is 0. The number of carbonyl (C=O) groups excluding carboxylic acids is 1. The van der Waals surface area contributed by atoms with Crippen molar-refractivity contribution in [2.45, 2.75) is 43.6 Å². The number of amides is 1. The zero-order valence-corrected chi connectivity index (χ0v) is 18.6. The van der Waals surface area contributed by atoms with E-state index in [0.717, 1.165) is 16.9 Å². The second kappa shape index (κ2) is 11.2. The number of benzene rings is 1. The molecule has 0 unspecified atom stereocenters. The molecule has 3 aromatic rings. The maximum atomic E-state index is 13.0. The van der Waals surface area contributed by atoms with Gasteiger partial charge < -0.3 is 9.88 Å². The van der Waals surface area contributed by atoms with E-state index >= 15 is 0 Å². The van der Waals surface area contributed by atoms with Crippen molar-refractivity contribution in [3.63, 3.8) is 0 Å². The highest BCUT2D eigenvalue weighted by molar-refractivity contribution is 7.99. The topological polar surface area (TPSA) is 66.1 Å². The molecule has 1 aromatic carbocycles. The molecule has 2 heterocycles. The van der Waals surface area contributed by atoms with Gasteiger partial charge in [-0.2, -0.15) is 8.78 Å². The van der Waals surface area contributed by atoms with E-state index in [1.54, 1.807) is 23.2 Å². The Morgan fingerprint density at radius 1 is 1.19 bits per heavy atom. The first-order valence-corrected chi connectivity index (χ1v) is 11.6. The van der Waals surface area contributed by atoms with E-state index in [9.17, 15) is 18.4 Å². The average Bonchev–Trinajstić information content (AvgIpc) is 3.23. The standard InChI is InChI=1S/C22H23F2N3O2S2/c1-15-18(20(29)26-22(25-15)31-21(23)24)9-10-19(28)27(14-17-8-5-13-30-17)12-11-16-6-3-2-4-7-16/h2-8,13,21H,9-12,14H2,1H3,(H,25,26,29). The number of rotatable bonds is 10. The highest BCUT2D eigenvalue weighted by Gasteiger charge is 2.18. The van der Waals surface area contributed by atoms with Gasteiger partial charge in [-0.25, -0.2) is 4.98 Å².